The van der Waals surface area contributed by atoms with Crippen LogP contribution in [-0.2, 0) is 6.42 Å². The van der Waals surface area contributed by atoms with Gasteiger partial charge in [0.15, 0.2) is 11.5 Å². The van der Waals surface area contributed by atoms with E-state index in [0.29, 0.717) is 11.5 Å². The molecule has 7 nitrogen and oxygen atoms in total. The number of aromatic amines is 2. The van der Waals surface area contributed by atoms with Crippen LogP contribution in [-0.4, -0.2) is 35.1 Å². The van der Waals surface area contributed by atoms with Gasteiger partial charge in [-0.25, -0.2) is 9.97 Å². The number of rotatable bonds is 4. The Morgan fingerprint density at radius 2 is 1.90 bits per heavy atom. The fraction of sp³-hybridized carbons (Fsp3) is 0.292. The van der Waals surface area contributed by atoms with Crippen LogP contribution in [0.5, 0.6) is 0 Å². The molecule has 1 aliphatic rings. The van der Waals surface area contributed by atoms with Crippen molar-refractivity contribution in [3.63, 3.8) is 0 Å². The van der Waals surface area contributed by atoms with Crippen molar-refractivity contribution >= 4 is 22.1 Å². The van der Waals surface area contributed by atoms with Crippen LogP contribution in [0.4, 0.5) is 0 Å². The second kappa shape index (κ2) is 7.58. The van der Waals surface area contributed by atoms with E-state index in [2.05, 4.69) is 47.2 Å². The SMILES string of the molecule is c1cnc2nc(-c3n[nH]c4cnc(-c5cncc(CC6CCCCC6)c5)cc34)[nH]c2c1. The van der Waals surface area contributed by atoms with Crippen LogP contribution < -0.4 is 0 Å². The maximum absolute atomic E-state index is 4.66. The fourth-order valence-electron chi connectivity index (χ4n) is 4.68. The fourth-order valence-corrected chi connectivity index (χ4v) is 4.68. The van der Waals surface area contributed by atoms with Gasteiger partial charge in [0.2, 0.25) is 0 Å². The predicted octanol–water partition coefficient (Wildman–Crippen LogP) is 5.08. The molecule has 5 heterocycles. The van der Waals surface area contributed by atoms with E-state index in [4.69, 9.17) is 0 Å². The van der Waals surface area contributed by atoms with Crippen molar-refractivity contribution in [1.82, 2.24) is 35.1 Å². The number of hydrogen-bond donors (Lipinski definition) is 2. The molecule has 1 saturated carbocycles. The van der Waals surface area contributed by atoms with E-state index in [1.807, 2.05) is 30.7 Å². The Kier molecular flexibility index (Phi) is 4.44. The lowest BCUT2D eigenvalue weighted by molar-refractivity contribution is 0.356. The first-order valence-corrected chi connectivity index (χ1v) is 10.9. The summed E-state index contributed by atoms with van der Waals surface area (Å²) in [5.41, 5.74) is 6.43. The van der Waals surface area contributed by atoms with Crippen LogP contribution in [0.3, 0.4) is 0 Å². The Labute approximate surface area is 179 Å². The summed E-state index contributed by atoms with van der Waals surface area (Å²) in [4.78, 5) is 21.4. The zero-order valence-electron chi connectivity index (χ0n) is 17.2. The summed E-state index contributed by atoms with van der Waals surface area (Å²) >= 11 is 0. The van der Waals surface area contributed by atoms with Crippen molar-refractivity contribution in [3.8, 4) is 22.8 Å². The number of imidazole rings is 1. The minimum Gasteiger partial charge on any atom is -0.335 e. The van der Waals surface area contributed by atoms with Gasteiger partial charge in [-0.1, -0.05) is 32.1 Å². The van der Waals surface area contributed by atoms with E-state index in [-0.39, 0.29) is 0 Å². The summed E-state index contributed by atoms with van der Waals surface area (Å²) in [7, 11) is 0. The van der Waals surface area contributed by atoms with Crippen molar-refractivity contribution in [3.05, 3.63) is 54.6 Å². The molecule has 0 radical (unpaired) electrons. The molecule has 5 aromatic heterocycles. The first-order chi connectivity index (χ1) is 15.3. The van der Waals surface area contributed by atoms with Gasteiger partial charge in [-0.05, 0) is 42.2 Å². The van der Waals surface area contributed by atoms with Crippen LogP contribution in [0.15, 0.2) is 49.1 Å². The second-order valence-electron chi connectivity index (χ2n) is 8.44. The lowest BCUT2D eigenvalue weighted by Gasteiger charge is -2.21. The standard InChI is InChI=1S/C24H23N7/c1-2-5-15(6-3-1)9-16-10-17(13-25-12-16)20-11-18-21(14-27-20)30-31-22(18)24-28-19-7-4-8-26-23(19)29-24/h4,7-8,10-15H,1-3,5-6,9H2,(H,30,31)(H,26,28,29). The molecule has 0 unspecified atom stereocenters. The van der Waals surface area contributed by atoms with Crippen molar-refractivity contribution in [2.45, 2.75) is 38.5 Å². The first kappa shape index (κ1) is 18.2. The van der Waals surface area contributed by atoms with Gasteiger partial charge >= 0.3 is 0 Å². The van der Waals surface area contributed by atoms with Gasteiger partial charge in [0.1, 0.15) is 5.69 Å². The van der Waals surface area contributed by atoms with Gasteiger partial charge in [-0.3, -0.25) is 15.1 Å². The molecule has 0 atom stereocenters. The molecule has 2 N–H and O–H groups in total. The van der Waals surface area contributed by atoms with E-state index < -0.39 is 0 Å². The third-order valence-electron chi connectivity index (χ3n) is 6.27. The van der Waals surface area contributed by atoms with Crippen molar-refractivity contribution in [1.29, 1.82) is 0 Å². The highest BCUT2D eigenvalue weighted by molar-refractivity contribution is 5.94. The average molecular weight is 409 g/mol. The van der Waals surface area contributed by atoms with Gasteiger partial charge in [0.05, 0.1) is 22.9 Å². The largest absolute Gasteiger partial charge is 0.335 e. The van der Waals surface area contributed by atoms with Gasteiger partial charge in [0.25, 0.3) is 0 Å². The highest BCUT2D eigenvalue weighted by atomic mass is 15.1. The molecular formula is C24H23N7. The van der Waals surface area contributed by atoms with E-state index >= 15 is 0 Å². The number of H-pyrrole nitrogens is 2. The third-order valence-corrected chi connectivity index (χ3v) is 6.27. The van der Waals surface area contributed by atoms with Crippen molar-refractivity contribution in [2.24, 2.45) is 5.92 Å². The summed E-state index contributed by atoms with van der Waals surface area (Å²) in [6.45, 7) is 0. The van der Waals surface area contributed by atoms with Gasteiger partial charge in [-0.15, -0.1) is 0 Å². The maximum Gasteiger partial charge on any atom is 0.178 e. The molecular weight excluding hydrogens is 386 g/mol. The Bertz CT molecular complexity index is 1330. The lowest BCUT2D eigenvalue weighted by Crippen LogP contribution is -2.09. The highest BCUT2D eigenvalue weighted by Gasteiger charge is 2.16. The summed E-state index contributed by atoms with van der Waals surface area (Å²) in [6, 6.07) is 8.16. The Morgan fingerprint density at radius 1 is 0.968 bits per heavy atom. The topological polar surface area (TPSA) is 96.0 Å². The quantitative estimate of drug-likeness (QED) is 0.431. The number of nitrogens with zero attached hydrogens (tertiary/aromatic N) is 5. The molecule has 0 aromatic carbocycles. The summed E-state index contributed by atoms with van der Waals surface area (Å²) in [5, 5.41) is 8.53. The highest BCUT2D eigenvalue weighted by Crippen LogP contribution is 2.30. The molecule has 1 fully saturated rings. The summed E-state index contributed by atoms with van der Waals surface area (Å²) < 4.78 is 0. The maximum atomic E-state index is 4.66. The van der Waals surface area contributed by atoms with Crippen LogP contribution in [0, 0.1) is 5.92 Å². The normalized spacial score (nSPS) is 15.1. The van der Waals surface area contributed by atoms with Crippen molar-refractivity contribution < 1.29 is 0 Å². The molecule has 0 aliphatic heterocycles. The van der Waals surface area contributed by atoms with Crippen LogP contribution in [0.25, 0.3) is 44.8 Å². The number of pyridine rings is 3. The minimum atomic E-state index is 0.683. The Morgan fingerprint density at radius 3 is 2.81 bits per heavy atom. The third kappa shape index (κ3) is 3.46. The molecule has 0 amide bonds. The Hall–Kier alpha value is -3.61. The zero-order valence-corrected chi connectivity index (χ0v) is 17.2. The van der Waals surface area contributed by atoms with E-state index in [9.17, 15) is 0 Å². The minimum absolute atomic E-state index is 0.683. The molecule has 5 aromatic rings. The Balaban J connectivity index is 1.36. The summed E-state index contributed by atoms with van der Waals surface area (Å²) in [6.07, 6.45) is 15.3. The van der Waals surface area contributed by atoms with Gasteiger partial charge in [0, 0.05) is 29.5 Å². The number of hydrogen-bond acceptors (Lipinski definition) is 5. The van der Waals surface area contributed by atoms with Gasteiger partial charge < -0.3 is 4.98 Å². The number of nitrogens with one attached hydrogen (secondary N) is 2. The average Bonchev–Trinajstić information content (AvgIpc) is 3.43. The predicted molar refractivity (Wildman–Crippen MR) is 120 cm³/mol. The number of fused-ring (bicyclic) bond motifs is 2. The summed E-state index contributed by atoms with van der Waals surface area (Å²) in [5.74, 6) is 1.48. The number of aromatic nitrogens is 7. The molecule has 0 saturated heterocycles. The van der Waals surface area contributed by atoms with Crippen molar-refractivity contribution in [2.75, 3.05) is 0 Å². The molecule has 1 aliphatic carbocycles. The first-order valence-electron chi connectivity index (χ1n) is 10.9. The molecule has 0 bridgehead atoms. The van der Waals surface area contributed by atoms with E-state index in [1.165, 1.54) is 37.7 Å². The molecule has 154 valence electrons. The monoisotopic (exact) mass is 409 g/mol. The smallest absolute Gasteiger partial charge is 0.178 e. The molecule has 0 spiro atoms. The van der Waals surface area contributed by atoms with Crippen LogP contribution in [0.1, 0.15) is 37.7 Å². The van der Waals surface area contributed by atoms with Crippen LogP contribution >= 0.6 is 0 Å². The van der Waals surface area contributed by atoms with Crippen LogP contribution in [0.2, 0.25) is 0 Å². The molecule has 7 heteroatoms. The lowest BCUT2D eigenvalue weighted by atomic mass is 9.85. The molecule has 31 heavy (non-hydrogen) atoms. The second-order valence-corrected chi connectivity index (χ2v) is 8.44. The zero-order chi connectivity index (χ0) is 20.6. The van der Waals surface area contributed by atoms with E-state index in [1.54, 1.807) is 6.20 Å². The van der Waals surface area contributed by atoms with E-state index in [0.717, 1.165) is 45.7 Å². The van der Waals surface area contributed by atoms with Gasteiger partial charge in [-0.2, -0.15) is 5.10 Å². The molecule has 6 rings (SSSR count).